The van der Waals surface area contributed by atoms with Crippen LogP contribution in [0.25, 0.3) is 10.8 Å². The predicted octanol–water partition coefficient (Wildman–Crippen LogP) is 0.897. The highest BCUT2D eigenvalue weighted by Crippen LogP contribution is 2.21. The summed E-state index contributed by atoms with van der Waals surface area (Å²) in [7, 11) is 1.58. The summed E-state index contributed by atoms with van der Waals surface area (Å²) in [6, 6.07) is 9.32. The average molecular weight is 260 g/mol. The van der Waals surface area contributed by atoms with E-state index in [1.165, 1.54) is 0 Å². The SMILES string of the molecule is COCCNC(=O)c1cc2ccccc2c(NN)n1. The number of rotatable bonds is 5. The highest BCUT2D eigenvalue weighted by Gasteiger charge is 2.10. The molecule has 1 aromatic carbocycles. The maximum atomic E-state index is 11.9. The van der Waals surface area contributed by atoms with Crippen LogP contribution in [0.5, 0.6) is 0 Å². The lowest BCUT2D eigenvalue weighted by molar-refractivity contribution is 0.0932. The van der Waals surface area contributed by atoms with Crippen molar-refractivity contribution in [2.24, 2.45) is 5.84 Å². The van der Waals surface area contributed by atoms with E-state index >= 15 is 0 Å². The molecule has 0 aliphatic heterocycles. The number of pyridine rings is 1. The van der Waals surface area contributed by atoms with Crippen molar-refractivity contribution in [1.82, 2.24) is 10.3 Å². The Balaban J connectivity index is 2.31. The molecule has 0 unspecified atom stereocenters. The lowest BCUT2D eigenvalue weighted by atomic mass is 10.1. The molecule has 6 heteroatoms. The van der Waals surface area contributed by atoms with E-state index in [0.717, 1.165) is 10.8 Å². The molecule has 2 aromatic rings. The molecule has 100 valence electrons. The molecular weight excluding hydrogens is 244 g/mol. The lowest BCUT2D eigenvalue weighted by Crippen LogP contribution is -2.28. The molecule has 0 radical (unpaired) electrons. The normalized spacial score (nSPS) is 10.4. The molecule has 1 heterocycles. The predicted molar refractivity (Wildman–Crippen MR) is 73.8 cm³/mol. The molecule has 2 rings (SSSR count). The zero-order valence-electron chi connectivity index (χ0n) is 10.6. The van der Waals surface area contributed by atoms with Gasteiger partial charge in [-0.25, -0.2) is 10.8 Å². The molecule has 1 aromatic heterocycles. The van der Waals surface area contributed by atoms with E-state index in [4.69, 9.17) is 10.6 Å². The van der Waals surface area contributed by atoms with Crippen LogP contribution in [0.2, 0.25) is 0 Å². The molecule has 0 atom stereocenters. The molecule has 0 spiro atoms. The number of ether oxygens (including phenoxy) is 1. The second-order valence-corrected chi connectivity index (χ2v) is 3.97. The van der Waals surface area contributed by atoms with Gasteiger partial charge in [-0.05, 0) is 11.5 Å². The highest BCUT2D eigenvalue weighted by atomic mass is 16.5. The number of hydrogen-bond acceptors (Lipinski definition) is 5. The molecule has 4 N–H and O–H groups in total. The van der Waals surface area contributed by atoms with Gasteiger partial charge in [-0.2, -0.15) is 0 Å². The van der Waals surface area contributed by atoms with Crippen LogP contribution in [0.15, 0.2) is 30.3 Å². The topological polar surface area (TPSA) is 89.3 Å². The summed E-state index contributed by atoms with van der Waals surface area (Å²) in [6.07, 6.45) is 0. The van der Waals surface area contributed by atoms with E-state index in [1.54, 1.807) is 13.2 Å². The third kappa shape index (κ3) is 2.98. The zero-order valence-corrected chi connectivity index (χ0v) is 10.6. The van der Waals surface area contributed by atoms with Crippen molar-refractivity contribution < 1.29 is 9.53 Å². The Morgan fingerprint density at radius 3 is 2.95 bits per heavy atom. The van der Waals surface area contributed by atoms with Crippen LogP contribution in [0.1, 0.15) is 10.5 Å². The first kappa shape index (κ1) is 13.3. The van der Waals surface area contributed by atoms with E-state index in [1.807, 2.05) is 24.3 Å². The fraction of sp³-hybridized carbons (Fsp3) is 0.231. The van der Waals surface area contributed by atoms with Crippen molar-refractivity contribution in [2.45, 2.75) is 0 Å². The standard InChI is InChI=1S/C13H16N4O2/c1-19-7-6-15-13(18)11-8-9-4-2-3-5-10(9)12(16-11)17-14/h2-5,8H,6-7,14H2,1H3,(H,15,18)(H,16,17). The van der Waals surface area contributed by atoms with Crippen LogP contribution < -0.4 is 16.6 Å². The quantitative estimate of drug-likeness (QED) is 0.422. The Morgan fingerprint density at radius 2 is 2.21 bits per heavy atom. The number of carbonyl (C=O) groups is 1. The van der Waals surface area contributed by atoms with E-state index in [0.29, 0.717) is 24.7 Å². The van der Waals surface area contributed by atoms with Gasteiger partial charge in [-0.15, -0.1) is 0 Å². The summed E-state index contributed by atoms with van der Waals surface area (Å²) >= 11 is 0. The molecule has 0 aliphatic rings. The van der Waals surface area contributed by atoms with Gasteiger partial charge in [0.1, 0.15) is 11.5 Å². The van der Waals surface area contributed by atoms with Gasteiger partial charge < -0.3 is 15.5 Å². The fourth-order valence-corrected chi connectivity index (χ4v) is 1.78. The Morgan fingerprint density at radius 1 is 1.42 bits per heavy atom. The van der Waals surface area contributed by atoms with Crippen LogP contribution in [0.3, 0.4) is 0 Å². The Hall–Kier alpha value is -2.18. The average Bonchev–Trinajstić information content (AvgIpc) is 2.46. The molecular formula is C13H16N4O2. The number of fused-ring (bicyclic) bond motifs is 1. The van der Waals surface area contributed by atoms with Crippen molar-refractivity contribution in [3.8, 4) is 0 Å². The number of benzene rings is 1. The largest absolute Gasteiger partial charge is 0.383 e. The third-order valence-corrected chi connectivity index (χ3v) is 2.70. The number of anilines is 1. The molecule has 1 amide bonds. The van der Waals surface area contributed by atoms with Gasteiger partial charge in [-0.1, -0.05) is 24.3 Å². The number of methoxy groups -OCH3 is 1. The number of hydrogen-bond donors (Lipinski definition) is 3. The lowest BCUT2D eigenvalue weighted by Gasteiger charge is -2.09. The first-order chi connectivity index (χ1) is 9.26. The van der Waals surface area contributed by atoms with Crippen LogP contribution in [0.4, 0.5) is 5.82 Å². The molecule has 0 fully saturated rings. The number of amides is 1. The van der Waals surface area contributed by atoms with Gasteiger partial charge in [0, 0.05) is 19.0 Å². The van der Waals surface area contributed by atoms with Gasteiger partial charge in [-0.3, -0.25) is 4.79 Å². The maximum absolute atomic E-state index is 11.9. The first-order valence-corrected chi connectivity index (χ1v) is 5.90. The summed E-state index contributed by atoms with van der Waals surface area (Å²) in [5.74, 6) is 5.67. The van der Waals surface area contributed by atoms with Gasteiger partial charge in [0.25, 0.3) is 5.91 Å². The third-order valence-electron chi connectivity index (χ3n) is 2.70. The molecule has 0 saturated heterocycles. The second-order valence-electron chi connectivity index (χ2n) is 3.97. The molecule has 6 nitrogen and oxygen atoms in total. The summed E-state index contributed by atoms with van der Waals surface area (Å²) in [5, 5.41) is 4.50. The summed E-state index contributed by atoms with van der Waals surface area (Å²) in [4.78, 5) is 16.1. The Bertz CT molecular complexity index is 586. The van der Waals surface area contributed by atoms with Crippen molar-refractivity contribution >= 4 is 22.5 Å². The molecule has 0 saturated carbocycles. The highest BCUT2D eigenvalue weighted by molar-refractivity contribution is 6.00. The Kier molecular flexibility index (Phi) is 4.27. The van der Waals surface area contributed by atoms with Crippen molar-refractivity contribution in [1.29, 1.82) is 0 Å². The monoisotopic (exact) mass is 260 g/mol. The molecule has 0 aliphatic carbocycles. The van der Waals surface area contributed by atoms with E-state index < -0.39 is 0 Å². The number of carbonyl (C=O) groups excluding carboxylic acids is 1. The maximum Gasteiger partial charge on any atom is 0.270 e. The van der Waals surface area contributed by atoms with E-state index in [9.17, 15) is 4.79 Å². The minimum Gasteiger partial charge on any atom is -0.383 e. The first-order valence-electron chi connectivity index (χ1n) is 5.90. The van der Waals surface area contributed by atoms with E-state index in [2.05, 4.69) is 15.7 Å². The van der Waals surface area contributed by atoms with Crippen molar-refractivity contribution in [3.05, 3.63) is 36.0 Å². The van der Waals surface area contributed by atoms with Gasteiger partial charge >= 0.3 is 0 Å². The number of hydrazine groups is 1. The summed E-state index contributed by atoms with van der Waals surface area (Å²) < 4.78 is 4.88. The Labute approximate surface area is 110 Å². The van der Waals surface area contributed by atoms with Crippen LogP contribution in [-0.4, -0.2) is 31.2 Å². The second kappa shape index (κ2) is 6.12. The minimum atomic E-state index is -0.251. The minimum absolute atomic E-state index is 0.251. The smallest absolute Gasteiger partial charge is 0.270 e. The fourth-order valence-electron chi connectivity index (χ4n) is 1.78. The van der Waals surface area contributed by atoms with Crippen molar-refractivity contribution in [2.75, 3.05) is 25.7 Å². The molecule has 0 bridgehead atoms. The van der Waals surface area contributed by atoms with Gasteiger partial charge in [0.2, 0.25) is 0 Å². The zero-order chi connectivity index (χ0) is 13.7. The van der Waals surface area contributed by atoms with Crippen LogP contribution in [-0.2, 0) is 4.74 Å². The van der Waals surface area contributed by atoms with Gasteiger partial charge in [0.05, 0.1) is 6.61 Å². The molecule has 19 heavy (non-hydrogen) atoms. The number of nitrogens with two attached hydrogens (primary N) is 1. The number of aromatic nitrogens is 1. The van der Waals surface area contributed by atoms with Gasteiger partial charge in [0.15, 0.2) is 0 Å². The summed E-state index contributed by atoms with van der Waals surface area (Å²) in [5.41, 5.74) is 2.84. The summed E-state index contributed by atoms with van der Waals surface area (Å²) in [6.45, 7) is 0.899. The number of nitrogens with zero attached hydrogens (tertiary/aromatic N) is 1. The van der Waals surface area contributed by atoms with Crippen LogP contribution >= 0.6 is 0 Å². The van der Waals surface area contributed by atoms with Crippen molar-refractivity contribution in [3.63, 3.8) is 0 Å². The van der Waals surface area contributed by atoms with E-state index in [-0.39, 0.29) is 5.91 Å². The van der Waals surface area contributed by atoms with Crippen LogP contribution in [0, 0.1) is 0 Å². The number of nitrogen functional groups attached to an aromatic ring is 1. The number of nitrogens with one attached hydrogen (secondary N) is 2.